The number of nitrogens with zero attached hydrogens (tertiary/aromatic N) is 3. The Balaban J connectivity index is 1.20. The second-order valence-electron chi connectivity index (χ2n) is 11.8. The third-order valence-corrected chi connectivity index (χ3v) is 9.37. The molecule has 2 atom stereocenters. The Morgan fingerprint density at radius 1 is 0.767 bits per heavy atom. The first-order valence-electron chi connectivity index (χ1n) is 14.3. The molecule has 1 aliphatic carbocycles. The maximum absolute atomic E-state index is 11.0. The molecule has 3 aliphatic heterocycles. The summed E-state index contributed by atoms with van der Waals surface area (Å²) < 4.78 is 12.0. The molecule has 0 spiro atoms. The maximum atomic E-state index is 11.0. The number of nitriles is 1. The normalized spacial score (nSPS) is 25.2. The van der Waals surface area contributed by atoms with Gasteiger partial charge in [0.2, 0.25) is 0 Å². The summed E-state index contributed by atoms with van der Waals surface area (Å²) >= 11 is 0. The lowest BCUT2D eigenvalue weighted by atomic mass is 9.48. The highest BCUT2D eigenvalue weighted by Crippen LogP contribution is 2.59. The van der Waals surface area contributed by atoms with Gasteiger partial charge in [-0.1, -0.05) is 24.3 Å². The zero-order chi connectivity index (χ0) is 29.7. The van der Waals surface area contributed by atoms with Crippen LogP contribution in [0.1, 0.15) is 29.5 Å². The summed E-state index contributed by atoms with van der Waals surface area (Å²) in [6.07, 6.45) is 2.35. The van der Waals surface area contributed by atoms with Gasteiger partial charge in [0, 0.05) is 43.2 Å². The van der Waals surface area contributed by atoms with E-state index in [-0.39, 0.29) is 22.4 Å². The summed E-state index contributed by atoms with van der Waals surface area (Å²) in [4.78, 5) is 13.0. The molecule has 0 aromatic heterocycles. The van der Waals surface area contributed by atoms with Crippen LogP contribution in [-0.2, 0) is 5.41 Å². The van der Waals surface area contributed by atoms with Crippen LogP contribution in [0.25, 0.3) is 0 Å². The van der Waals surface area contributed by atoms with Crippen LogP contribution in [0.5, 0.6) is 34.5 Å². The van der Waals surface area contributed by atoms with Gasteiger partial charge in [0.05, 0.1) is 10.5 Å². The monoisotopic (exact) mass is 575 g/mol. The predicted octanol–water partition coefficient (Wildman–Crippen LogP) is 6.72. The molecule has 9 nitrogen and oxygen atoms in total. The zero-order valence-electron chi connectivity index (χ0n) is 23.2. The first-order valence-corrected chi connectivity index (χ1v) is 14.3. The van der Waals surface area contributed by atoms with Gasteiger partial charge >= 0.3 is 5.69 Å². The Labute approximate surface area is 248 Å². The smallest absolute Gasteiger partial charge is 0.310 e. The van der Waals surface area contributed by atoms with Crippen molar-refractivity contribution < 1.29 is 24.6 Å². The third-order valence-electron chi connectivity index (χ3n) is 9.37. The van der Waals surface area contributed by atoms with Crippen LogP contribution in [-0.4, -0.2) is 39.7 Å². The average molecular weight is 576 g/mol. The van der Waals surface area contributed by atoms with Crippen LogP contribution >= 0.6 is 0 Å². The molecule has 2 N–H and O–H groups in total. The van der Waals surface area contributed by atoms with Crippen molar-refractivity contribution >= 4 is 5.69 Å². The van der Waals surface area contributed by atoms with Gasteiger partial charge < -0.3 is 24.6 Å². The number of nitro groups is 1. The number of phenolic OH excluding ortho intramolecular Hbond substituents is 2. The van der Waals surface area contributed by atoms with Crippen molar-refractivity contribution in [2.45, 2.75) is 18.3 Å². The van der Waals surface area contributed by atoms with E-state index in [1.54, 1.807) is 6.07 Å². The Morgan fingerprint density at radius 3 is 1.74 bits per heavy atom. The highest BCUT2D eigenvalue weighted by molar-refractivity contribution is 5.52. The van der Waals surface area contributed by atoms with Crippen LogP contribution in [0.2, 0.25) is 0 Å². The number of phenols is 2. The van der Waals surface area contributed by atoms with E-state index in [0.717, 1.165) is 19.0 Å². The van der Waals surface area contributed by atoms with Gasteiger partial charge in [0.1, 0.15) is 34.8 Å². The molecule has 8 rings (SSSR count). The molecule has 4 bridgehead atoms. The second kappa shape index (κ2) is 10.3. The second-order valence-corrected chi connectivity index (χ2v) is 11.8. The molecule has 1 saturated carbocycles. The van der Waals surface area contributed by atoms with Gasteiger partial charge in [-0.15, -0.1) is 0 Å². The molecule has 9 heteroatoms. The minimum Gasteiger partial charge on any atom is -0.506 e. The maximum Gasteiger partial charge on any atom is 0.310 e. The van der Waals surface area contributed by atoms with E-state index in [2.05, 4.69) is 29.2 Å². The van der Waals surface area contributed by atoms with E-state index < -0.39 is 10.7 Å². The van der Waals surface area contributed by atoms with Crippen molar-refractivity contribution in [3.63, 3.8) is 0 Å². The lowest BCUT2D eigenvalue weighted by Crippen LogP contribution is -2.65. The highest BCUT2D eigenvalue weighted by Gasteiger charge is 2.58. The Hall–Kier alpha value is -5.07. The topological polar surface area (TPSA) is 129 Å². The van der Waals surface area contributed by atoms with Crippen LogP contribution < -0.4 is 9.47 Å². The van der Waals surface area contributed by atoms with E-state index in [0.29, 0.717) is 34.8 Å². The van der Waals surface area contributed by atoms with Gasteiger partial charge in [-0.05, 0) is 84.2 Å². The van der Waals surface area contributed by atoms with E-state index in [9.17, 15) is 20.3 Å². The Morgan fingerprint density at radius 2 is 1.28 bits per heavy atom. The van der Waals surface area contributed by atoms with E-state index >= 15 is 0 Å². The summed E-state index contributed by atoms with van der Waals surface area (Å²) in [6.45, 7) is 3.29. The largest absolute Gasteiger partial charge is 0.506 e. The van der Waals surface area contributed by atoms with Crippen molar-refractivity contribution in [2.24, 2.45) is 17.8 Å². The number of rotatable bonds is 7. The number of piperidine rings is 3. The first-order chi connectivity index (χ1) is 20.8. The lowest BCUT2D eigenvalue weighted by molar-refractivity contribution is -0.385. The molecule has 3 saturated heterocycles. The summed E-state index contributed by atoms with van der Waals surface area (Å²) in [7, 11) is 0. The summed E-state index contributed by atoms with van der Waals surface area (Å²) in [5.74, 6) is 3.08. The highest BCUT2D eigenvalue weighted by atomic mass is 16.6. The number of benzene rings is 4. The van der Waals surface area contributed by atoms with Crippen molar-refractivity contribution in [2.75, 3.05) is 19.6 Å². The van der Waals surface area contributed by atoms with Crippen molar-refractivity contribution in [1.82, 2.24) is 4.90 Å². The molecule has 0 amide bonds. The zero-order valence-corrected chi connectivity index (χ0v) is 23.2. The quantitative estimate of drug-likeness (QED) is 0.184. The van der Waals surface area contributed by atoms with Crippen molar-refractivity contribution in [3.8, 4) is 40.6 Å². The van der Waals surface area contributed by atoms with Crippen LogP contribution in [0, 0.1) is 39.2 Å². The number of nitro benzene ring substituents is 1. The molecule has 3 heterocycles. The first kappa shape index (κ1) is 26.8. The SMILES string of the molecule is N#Cc1ccc(Oc2ccc(C3(c4ccc(Oc5ccc([N+](=O)[O-])c(O)c5)cc4)C4CC5CC3CN(C5)C4)cc2)cc1O. The molecule has 4 aromatic carbocycles. The minimum atomic E-state index is -0.633. The molecule has 2 unspecified atom stereocenters. The summed E-state index contributed by atoms with van der Waals surface area (Å²) in [6, 6.07) is 26.9. The van der Waals surface area contributed by atoms with Gasteiger partial charge in [-0.25, -0.2) is 0 Å². The molecular weight excluding hydrogens is 546 g/mol. The fourth-order valence-electron chi connectivity index (χ4n) is 7.77. The third kappa shape index (κ3) is 4.60. The van der Waals surface area contributed by atoms with Gasteiger partial charge in [-0.3, -0.25) is 10.1 Å². The van der Waals surface area contributed by atoms with Gasteiger partial charge in [-0.2, -0.15) is 5.26 Å². The standard InChI is InChI=1S/C34H29N3O6/c35-17-22-1-6-29(15-32(22)38)42-27-7-2-23(3-8-27)34(25-13-21-14-26(34)20-36(18-21)19-25)24-4-9-28(10-5-24)43-30-11-12-31(37(40)41)33(39)16-30/h1-12,15-16,21,25-26,38-39H,13-14,18-20H2. The fraction of sp³-hybridized carbons (Fsp3) is 0.265. The minimum absolute atomic E-state index is 0.114. The summed E-state index contributed by atoms with van der Waals surface area (Å²) in [5.41, 5.74) is 2.12. The number of hydrogen-bond acceptors (Lipinski definition) is 8. The van der Waals surface area contributed by atoms with Crippen molar-refractivity contribution in [3.05, 3.63) is 112 Å². The Bertz CT molecular complexity index is 1720. The summed E-state index contributed by atoms with van der Waals surface area (Å²) in [5, 5.41) is 40.2. The molecule has 43 heavy (non-hydrogen) atoms. The number of ether oxygens (including phenoxy) is 2. The van der Waals surface area contributed by atoms with Crippen LogP contribution in [0.15, 0.2) is 84.9 Å². The van der Waals surface area contributed by atoms with Crippen LogP contribution in [0.3, 0.4) is 0 Å². The molecule has 216 valence electrons. The molecule has 0 radical (unpaired) electrons. The molecule has 4 aromatic rings. The van der Waals surface area contributed by atoms with Crippen LogP contribution in [0.4, 0.5) is 5.69 Å². The molecular formula is C34H29N3O6. The molecule has 4 aliphatic rings. The average Bonchev–Trinajstić information content (AvgIpc) is 2.98. The number of aromatic hydroxyl groups is 2. The van der Waals surface area contributed by atoms with Gasteiger partial charge in [0.25, 0.3) is 0 Å². The Kier molecular flexibility index (Phi) is 6.44. The fourth-order valence-corrected chi connectivity index (χ4v) is 7.77. The molecule has 4 fully saturated rings. The number of hydrogen-bond donors (Lipinski definition) is 2. The van der Waals surface area contributed by atoms with Gasteiger partial charge in [0.15, 0.2) is 5.75 Å². The van der Waals surface area contributed by atoms with Crippen molar-refractivity contribution in [1.29, 1.82) is 5.26 Å². The lowest BCUT2D eigenvalue weighted by Gasteiger charge is -2.63. The van der Waals surface area contributed by atoms with E-state index in [1.165, 1.54) is 60.8 Å². The predicted molar refractivity (Wildman–Crippen MR) is 158 cm³/mol. The van der Waals surface area contributed by atoms with E-state index in [4.69, 9.17) is 14.7 Å². The van der Waals surface area contributed by atoms with E-state index in [1.807, 2.05) is 30.3 Å².